The summed E-state index contributed by atoms with van der Waals surface area (Å²) < 4.78 is 10.9. The van der Waals surface area contributed by atoms with E-state index in [1.165, 1.54) is 13.3 Å². The molecule has 0 unspecified atom stereocenters. The van der Waals surface area contributed by atoms with Crippen molar-refractivity contribution in [2.24, 2.45) is 0 Å². The van der Waals surface area contributed by atoms with Crippen molar-refractivity contribution in [2.45, 2.75) is 46.0 Å². The van der Waals surface area contributed by atoms with Crippen LogP contribution in [-0.2, 0) is 4.74 Å². The van der Waals surface area contributed by atoms with Gasteiger partial charge in [0.2, 0.25) is 5.78 Å². The Bertz CT molecular complexity index is 1060. The number of ketones is 1. The predicted octanol–water partition coefficient (Wildman–Crippen LogP) is 5.87. The van der Waals surface area contributed by atoms with Crippen molar-refractivity contribution in [3.63, 3.8) is 0 Å². The van der Waals surface area contributed by atoms with Gasteiger partial charge in [-0.15, -0.1) is 0 Å². The number of fused-ring (bicyclic) bond motifs is 1. The second-order valence-corrected chi connectivity index (χ2v) is 7.65. The summed E-state index contributed by atoms with van der Waals surface area (Å²) in [5.74, 6) is 6.31. The van der Waals surface area contributed by atoms with Gasteiger partial charge in [0, 0.05) is 31.2 Å². The fourth-order valence-corrected chi connectivity index (χ4v) is 3.82. The number of hydrogen-bond donors (Lipinski definition) is 1. The van der Waals surface area contributed by atoms with Crippen molar-refractivity contribution < 1.29 is 20.5 Å². The molecule has 3 rings (SSSR count). The van der Waals surface area contributed by atoms with Crippen LogP contribution < -0.4 is 4.74 Å². The highest BCUT2D eigenvalue weighted by Gasteiger charge is 2.19. The monoisotopic (exact) mass is 464 g/mol. The van der Waals surface area contributed by atoms with E-state index in [2.05, 4.69) is 11.8 Å². The van der Waals surface area contributed by atoms with E-state index < -0.39 is 0 Å². The van der Waals surface area contributed by atoms with Crippen molar-refractivity contribution in [1.29, 1.82) is 5.41 Å². The summed E-state index contributed by atoms with van der Waals surface area (Å²) in [6, 6.07) is 13.0. The summed E-state index contributed by atoms with van der Waals surface area (Å²) in [4.78, 5) is 26.5. The fraction of sp³-hybridized carbons (Fsp3) is 0.393. The topological polar surface area (TPSA) is 79.7 Å². The standard InChI is InChI=1S/C26H28N2O4.C2H6.H2/c1-19-21(18-27)9-7-11-22(19)24(29)14-13-20-8-5-6-15-28(26(30)31-2)16-17-32-25-12-4-3-10-23(20)25;1-2;/h3-4,7,9-12,18,20,27H,5-6,8,15-17H2,1-2H3;1-2H3;1H/t20-;;/m1../s1. The molecule has 2 aromatic rings. The summed E-state index contributed by atoms with van der Waals surface area (Å²) in [5, 5.41) is 7.50. The van der Waals surface area contributed by atoms with Gasteiger partial charge in [0.15, 0.2) is 0 Å². The van der Waals surface area contributed by atoms with E-state index >= 15 is 0 Å². The lowest BCUT2D eigenvalue weighted by Crippen LogP contribution is -2.35. The van der Waals surface area contributed by atoms with Crippen LogP contribution in [0.4, 0.5) is 4.79 Å². The smallest absolute Gasteiger partial charge is 0.409 e. The SMILES string of the molecule is CC.COC(=O)N1CCCC[C@H](C#CC(=O)c2cccc(C=N)c2C)c2ccccc2OCC1.[HH]. The normalized spacial score (nSPS) is 15.5. The molecule has 1 aliphatic heterocycles. The summed E-state index contributed by atoms with van der Waals surface area (Å²) in [6.45, 7) is 7.21. The number of hydrogen-bond acceptors (Lipinski definition) is 5. The summed E-state index contributed by atoms with van der Waals surface area (Å²) >= 11 is 0. The predicted molar refractivity (Wildman–Crippen MR) is 137 cm³/mol. The van der Waals surface area contributed by atoms with Crippen LogP contribution in [-0.4, -0.2) is 49.8 Å². The molecule has 6 nitrogen and oxygen atoms in total. The first kappa shape index (κ1) is 26.7. The van der Waals surface area contributed by atoms with E-state index in [9.17, 15) is 9.59 Å². The number of Topliss-reactive ketones (excluding diaryl/α,β-unsaturated/α-hetero) is 1. The fourth-order valence-electron chi connectivity index (χ4n) is 3.82. The largest absolute Gasteiger partial charge is 0.491 e. The maximum absolute atomic E-state index is 12.8. The van der Waals surface area contributed by atoms with E-state index in [1.54, 1.807) is 17.0 Å². The molecule has 0 aromatic heterocycles. The van der Waals surface area contributed by atoms with E-state index in [4.69, 9.17) is 14.9 Å². The van der Waals surface area contributed by atoms with Crippen molar-refractivity contribution in [1.82, 2.24) is 4.90 Å². The van der Waals surface area contributed by atoms with Crippen LogP contribution in [0.5, 0.6) is 5.75 Å². The van der Waals surface area contributed by atoms with Crippen molar-refractivity contribution >= 4 is 18.1 Å². The number of rotatable bonds is 2. The first-order valence-corrected chi connectivity index (χ1v) is 11.8. The Morgan fingerprint density at radius 2 is 1.91 bits per heavy atom. The number of amides is 1. The maximum atomic E-state index is 12.8. The summed E-state index contributed by atoms with van der Waals surface area (Å²) in [5.41, 5.74) is 2.94. The van der Waals surface area contributed by atoms with E-state index in [0.717, 1.165) is 30.4 Å². The van der Waals surface area contributed by atoms with Gasteiger partial charge < -0.3 is 19.8 Å². The molecule has 1 N–H and O–H groups in total. The highest BCUT2D eigenvalue weighted by atomic mass is 16.5. The molecule has 0 bridgehead atoms. The number of nitrogens with zero attached hydrogens (tertiary/aromatic N) is 1. The summed E-state index contributed by atoms with van der Waals surface area (Å²) in [7, 11) is 1.38. The van der Waals surface area contributed by atoms with Gasteiger partial charge in [-0.3, -0.25) is 4.79 Å². The lowest BCUT2D eigenvalue weighted by molar-refractivity contribution is 0.105. The first-order chi connectivity index (χ1) is 16.5. The Labute approximate surface area is 204 Å². The van der Waals surface area contributed by atoms with Crippen LogP contribution in [0.15, 0.2) is 42.5 Å². The number of ether oxygens (including phenoxy) is 2. The average Bonchev–Trinajstić information content (AvgIpc) is 2.91. The maximum Gasteiger partial charge on any atom is 0.409 e. The third-order valence-electron chi connectivity index (χ3n) is 5.65. The van der Waals surface area contributed by atoms with Gasteiger partial charge in [0.25, 0.3) is 0 Å². The van der Waals surface area contributed by atoms with Gasteiger partial charge in [-0.2, -0.15) is 0 Å². The second kappa shape index (κ2) is 13.8. The molecule has 1 aliphatic rings. The lowest BCUT2D eigenvalue weighted by Gasteiger charge is -2.20. The number of carbonyl (C=O) groups excluding carboxylic acids is 2. The molecule has 2 aromatic carbocycles. The molecular formula is C28H36N2O4. The molecule has 182 valence electrons. The highest BCUT2D eigenvalue weighted by Crippen LogP contribution is 2.30. The zero-order valence-corrected chi connectivity index (χ0v) is 20.5. The van der Waals surface area contributed by atoms with Gasteiger partial charge >= 0.3 is 6.09 Å². The minimum Gasteiger partial charge on any atom is -0.491 e. The second-order valence-electron chi connectivity index (χ2n) is 7.65. The Balaban J connectivity index is 0.00000199. The molecule has 0 spiro atoms. The van der Waals surface area contributed by atoms with Crippen LogP contribution in [0.3, 0.4) is 0 Å². The van der Waals surface area contributed by atoms with E-state index in [-0.39, 0.29) is 19.2 Å². The average molecular weight is 465 g/mol. The van der Waals surface area contributed by atoms with Crippen molar-refractivity contribution in [3.8, 4) is 17.6 Å². The number of carbonyl (C=O) groups is 2. The molecule has 1 amide bonds. The molecule has 0 fully saturated rings. The highest BCUT2D eigenvalue weighted by molar-refractivity contribution is 6.10. The van der Waals surface area contributed by atoms with Gasteiger partial charge in [-0.25, -0.2) is 4.79 Å². The van der Waals surface area contributed by atoms with Crippen LogP contribution in [0, 0.1) is 24.2 Å². The van der Waals surface area contributed by atoms with Crippen LogP contribution in [0.2, 0.25) is 0 Å². The summed E-state index contributed by atoms with van der Waals surface area (Å²) in [6.07, 6.45) is 3.29. The first-order valence-electron chi connectivity index (χ1n) is 11.8. The van der Waals surface area contributed by atoms with Crippen LogP contribution in [0.25, 0.3) is 0 Å². The van der Waals surface area contributed by atoms with Crippen LogP contribution >= 0.6 is 0 Å². The molecular weight excluding hydrogens is 428 g/mol. The van der Waals surface area contributed by atoms with Crippen molar-refractivity contribution in [2.75, 3.05) is 26.8 Å². The third kappa shape index (κ3) is 6.95. The number of nitrogens with one attached hydrogen (secondary N) is 1. The molecule has 0 radical (unpaired) electrons. The van der Waals surface area contributed by atoms with Crippen LogP contribution in [0.1, 0.15) is 67.5 Å². The third-order valence-corrected chi connectivity index (χ3v) is 5.65. The van der Waals surface area contributed by atoms with Gasteiger partial charge in [-0.1, -0.05) is 62.6 Å². The molecule has 6 heteroatoms. The lowest BCUT2D eigenvalue weighted by atomic mass is 9.92. The Morgan fingerprint density at radius 1 is 1.15 bits per heavy atom. The molecule has 34 heavy (non-hydrogen) atoms. The Kier molecular flexibility index (Phi) is 10.9. The van der Waals surface area contributed by atoms with Gasteiger partial charge in [0.1, 0.15) is 12.4 Å². The quantitative estimate of drug-likeness (QED) is 0.261. The molecule has 1 atom stereocenters. The molecule has 0 saturated heterocycles. The molecule has 0 saturated carbocycles. The molecule has 1 heterocycles. The van der Waals surface area contributed by atoms with Gasteiger partial charge in [-0.05, 0) is 42.9 Å². The number of para-hydroxylation sites is 1. The number of benzene rings is 2. The van der Waals surface area contributed by atoms with E-state index in [1.807, 2.05) is 51.1 Å². The van der Waals surface area contributed by atoms with Gasteiger partial charge in [0.05, 0.1) is 13.7 Å². The molecule has 0 aliphatic carbocycles. The zero-order chi connectivity index (χ0) is 24.9. The minimum absolute atomic E-state index is 0. The van der Waals surface area contributed by atoms with Crippen molar-refractivity contribution in [3.05, 3.63) is 64.7 Å². The zero-order valence-electron chi connectivity index (χ0n) is 20.5. The Morgan fingerprint density at radius 3 is 2.65 bits per heavy atom. The number of methoxy groups -OCH3 is 1. The minimum atomic E-state index is -0.356. The van der Waals surface area contributed by atoms with E-state index in [0.29, 0.717) is 36.6 Å². The Hall–Kier alpha value is -3.59.